The zero-order valence-electron chi connectivity index (χ0n) is 8.70. The van der Waals surface area contributed by atoms with Crippen molar-refractivity contribution in [1.29, 1.82) is 0 Å². The maximum Gasteiger partial charge on any atom is 0.0871 e. The molecular formula is C12H17ClO. The summed E-state index contributed by atoms with van der Waals surface area (Å²) in [6.07, 6.45) is 0.695. The van der Waals surface area contributed by atoms with Gasteiger partial charge >= 0.3 is 0 Å². The SMILES string of the molecule is CC(CCl)C[C@](C)(O)c1ccccc1. The van der Waals surface area contributed by atoms with Gasteiger partial charge in [-0.15, -0.1) is 11.6 Å². The van der Waals surface area contributed by atoms with Crippen LogP contribution >= 0.6 is 11.6 Å². The van der Waals surface area contributed by atoms with E-state index >= 15 is 0 Å². The summed E-state index contributed by atoms with van der Waals surface area (Å²) in [5.74, 6) is 0.912. The van der Waals surface area contributed by atoms with Gasteiger partial charge in [-0.2, -0.15) is 0 Å². The first-order chi connectivity index (χ1) is 6.56. The maximum absolute atomic E-state index is 10.2. The molecule has 2 atom stereocenters. The normalized spacial score (nSPS) is 17.4. The van der Waals surface area contributed by atoms with E-state index in [9.17, 15) is 5.11 Å². The molecule has 0 aliphatic carbocycles. The van der Waals surface area contributed by atoms with Gasteiger partial charge < -0.3 is 5.11 Å². The van der Waals surface area contributed by atoms with Crippen LogP contribution in [0.15, 0.2) is 30.3 Å². The zero-order valence-corrected chi connectivity index (χ0v) is 9.46. The predicted molar refractivity (Wildman–Crippen MR) is 60.5 cm³/mol. The molecule has 1 aromatic carbocycles. The van der Waals surface area contributed by atoms with E-state index in [1.54, 1.807) is 0 Å². The van der Waals surface area contributed by atoms with Gasteiger partial charge in [0.1, 0.15) is 0 Å². The van der Waals surface area contributed by atoms with E-state index in [2.05, 4.69) is 0 Å². The fourth-order valence-electron chi connectivity index (χ4n) is 1.65. The van der Waals surface area contributed by atoms with E-state index < -0.39 is 5.60 Å². The second-order valence-electron chi connectivity index (χ2n) is 4.10. The fourth-order valence-corrected chi connectivity index (χ4v) is 1.76. The molecular weight excluding hydrogens is 196 g/mol. The monoisotopic (exact) mass is 212 g/mol. The van der Waals surface area contributed by atoms with Gasteiger partial charge in [0, 0.05) is 5.88 Å². The number of benzene rings is 1. The lowest BCUT2D eigenvalue weighted by Gasteiger charge is -2.26. The molecule has 1 aromatic rings. The summed E-state index contributed by atoms with van der Waals surface area (Å²) >= 11 is 5.73. The minimum atomic E-state index is -0.768. The van der Waals surface area contributed by atoms with Crippen LogP contribution in [0.5, 0.6) is 0 Å². The molecule has 0 bridgehead atoms. The van der Waals surface area contributed by atoms with Gasteiger partial charge in [-0.3, -0.25) is 0 Å². The molecule has 0 aromatic heterocycles. The van der Waals surface area contributed by atoms with Crippen LogP contribution in [-0.4, -0.2) is 11.0 Å². The Morgan fingerprint density at radius 3 is 2.43 bits per heavy atom. The van der Waals surface area contributed by atoms with Crippen molar-refractivity contribution in [3.63, 3.8) is 0 Å². The van der Waals surface area contributed by atoms with Crippen molar-refractivity contribution >= 4 is 11.6 Å². The van der Waals surface area contributed by atoms with Crippen molar-refractivity contribution in [2.75, 3.05) is 5.88 Å². The number of aliphatic hydroxyl groups is 1. The van der Waals surface area contributed by atoms with E-state index in [4.69, 9.17) is 11.6 Å². The Kier molecular flexibility index (Phi) is 3.97. The molecule has 1 unspecified atom stereocenters. The molecule has 0 heterocycles. The number of hydrogen-bond acceptors (Lipinski definition) is 1. The standard InChI is InChI=1S/C12H17ClO/c1-10(9-13)8-12(2,14)11-6-4-3-5-7-11/h3-7,10,14H,8-9H2,1-2H3/t10?,12-/m0/s1. The molecule has 0 aliphatic heterocycles. The van der Waals surface area contributed by atoms with Crippen LogP contribution in [0.1, 0.15) is 25.8 Å². The molecule has 0 aliphatic rings. The van der Waals surface area contributed by atoms with Crippen LogP contribution in [0.4, 0.5) is 0 Å². The molecule has 2 heteroatoms. The van der Waals surface area contributed by atoms with E-state index in [-0.39, 0.29) is 0 Å². The lowest BCUT2D eigenvalue weighted by molar-refractivity contribution is 0.0353. The summed E-state index contributed by atoms with van der Waals surface area (Å²) in [7, 11) is 0. The summed E-state index contributed by atoms with van der Waals surface area (Å²) in [6, 6.07) is 9.72. The Hall–Kier alpha value is -0.530. The highest BCUT2D eigenvalue weighted by Crippen LogP contribution is 2.28. The highest BCUT2D eigenvalue weighted by atomic mass is 35.5. The fraction of sp³-hybridized carbons (Fsp3) is 0.500. The van der Waals surface area contributed by atoms with Gasteiger partial charge in [0.15, 0.2) is 0 Å². The van der Waals surface area contributed by atoms with Crippen molar-refractivity contribution < 1.29 is 5.11 Å². The number of alkyl halides is 1. The second kappa shape index (κ2) is 4.81. The summed E-state index contributed by atoms with van der Waals surface area (Å²) in [5.41, 5.74) is 0.187. The van der Waals surface area contributed by atoms with E-state index in [0.29, 0.717) is 18.2 Å². The van der Waals surface area contributed by atoms with Crippen molar-refractivity contribution in [2.24, 2.45) is 5.92 Å². The first-order valence-corrected chi connectivity index (χ1v) is 5.43. The van der Waals surface area contributed by atoms with Crippen LogP contribution in [0, 0.1) is 5.92 Å². The van der Waals surface area contributed by atoms with Crippen molar-refractivity contribution in [1.82, 2.24) is 0 Å². The van der Waals surface area contributed by atoms with Crippen LogP contribution in [0.2, 0.25) is 0 Å². The third kappa shape index (κ3) is 3.00. The quantitative estimate of drug-likeness (QED) is 0.761. The molecule has 0 radical (unpaired) electrons. The molecule has 0 amide bonds. The Balaban J connectivity index is 2.75. The lowest BCUT2D eigenvalue weighted by atomic mass is 9.87. The van der Waals surface area contributed by atoms with Crippen LogP contribution in [0.25, 0.3) is 0 Å². The summed E-state index contributed by atoms with van der Waals surface area (Å²) in [6.45, 7) is 3.88. The highest BCUT2D eigenvalue weighted by Gasteiger charge is 2.24. The second-order valence-corrected chi connectivity index (χ2v) is 4.41. The molecule has 0 fully saturated rings. The Morgan fingerprint density at radius 1 is 1.36 bits per heavy atom. The smallest absolute Gasteiger partial charge is 0.0871 e. The molecule has 1 N–H and O–H groups in total. The summed E-state index contributed by atoms with van der Waals surface area (Å²) in [5, 5.41) is 10.2. The van der Waals surface area contributed by atoms with Crippen molar-refractivity contribution in [3.8, 4) is 0 Å². The number of rotatable bonds is 4. The molecule has 0 saturated carbocycles. The molecule has 1 nitrogen and oxygen atoms in total. The lowest BCUT2D eigenvalue weighted by Crippen LogP contribution is -2.24. The van der Waals surface area contributed by atoms with Crippen molar-refractivity contribution in [2.45, 2.75) is 25.9 Å². The molecule has 78 valence electrons. The van der Waals surface area contributed by atoms with Crippen molar-refractivity contribution in [3.05, 3.63) is 35.9 Å². The van der Waals surface area contributed by atoms with Gasteiger partial charge in [-0.05, 0) is 24.8 Å². The van der Waals surface area contributed by atoms with Gasteiger partial charge in [0.2, 0.25) is 0 Å². The average Bonchev–Trinajstić information content (AvgIpc) is 2.18. The van der Waals surface area contributed by atoms with E-state index in [1.807, 2.05) is 44.2 Å². The third-order valence-corrected chi connectivity index (χ3v) is 2.93. The Labute approximate surface area is 90.7 Å². The highest BCUT2D eigenvalue weighted by molar-refractivity contribution is 6.18. The molecule has 1 rings (SSSR count). The van der Waals surface area contributed by atoms with Crippen LogP contribution in [-0.2, 0) is 5.60 Å². The Bertz CT molecular complexity index is 269. The van der Waals surface area contributed by atoms with E-state index in [1.165, 1.54) is 0 Å². The van der Waals surface area contributed by atoms with E-state index in [0.717, 1.165) is 5.56 Å². The largest absolute Gasteiger partial charge is 0.385 e. The van der Waals surface area contributed by atoms with Crippen LogP contribution in [0.3, 0.4) is 0 Å². The molecule has 0 spiro atoms. The first kappa shape index (κ1) is 11.5. The summed E-state index contributed by atoms with van der Waals surface area (Å²) in [4.78, 5) is 0. The maximum atomic E-state index is 10.2. The van der Waals surface area contributed by atoms with Crippen LogP contribution < -0.4 is 0 Å². The zero-order chi connectivity index (χ0) is 10.6. The number of hydrogen-bond donors (Lipinski definition) is 1. The minimum absolute atomic E-state index is 0.326. The molecule has 14 heavy (non-hydrogen) atoms. The van der Waals surface area contributed by atoms with Gasteiger partial charge in [0.05, 0.1) is 5.60 Å². The number of halogens is 1. The predicted octanol–water partition coefficient (Wildman–Crippen LogP) is 3.16. The Morgan fingerprint density at radius 2 is 1.93 bits per heavy atom. The first-order valence-electron chi connectivity index (χ1n) is 4.90. The summed E-state index contributed by atoms with van der Waals surface area (Å²) < 4.78 is 0. The minimum Gasteiger partial charge on any atom is -0.385 e. The third-order valence-electron chi connectivity index (χ3n) is 2.41. The topological polar surface area (TPSA) is 20.2 Å². The average molecular weight is 213 g/mol. The van der Waals surface area contributed by atoms with Gasteiger partial charge in [0.25, 0.3) is 0 Å². The molecule has 0 saturated heterocycles. The van der Waals surface area contributed by atoms with Gasteiger partial charge in [-0.1, -0.05) is 37.3 Å². The van der Waals surface area contributed by atoms with Gasteiger partial charge in [-0.25, -0.2) is 0 Å².